The van der Waals surface area contributed by atoms with Crippen LogP contribution in [0.2, 0.25) is 0 Å². The lowest BCUT2D eigenvalue weighted by molar-refractivity contribution is 0.207. The number of hydrogen-bond donors (Lipinski definition) is 5. The first-order valence-corrected chi connectivity index (χ1v) is 9.72. The molecule has 0 bridgehead atoms. The zero-order valence-corrected chi connectivity index (χ0v) is 15.9. The van der Waals surface area contributed by atoms with E-state index < -0.39 is 0 Å². The average Bonchev–Trinajstić information content (AvgIpc) is 3.35. The molecule has 1 saturated heterocycles. The maximum absolute atomic E-state index is 14.3. The number of carbonyl (C=O) groups excluding carboxylic acids is 1. The standard InChI is InChI=1S/C19H26FN7O/c1-2-21-19(28)27-7-5-12(11-27)8-23-18-15(20)10-25-17(26-18)14-9-24-16-13(14)4-3-6-22-16/h3-4,6,9,12,16,22-23,25-26H,2,5,7-8,10-11H2,1H3,(H,21,28)/t12-,16?/m1/s1. The number of halogens is 1. The van der Waals surface area contributed by atoms with Crippen LogP contribution < -0.4 is 26.6 Å². The number of fused-ring (bicyclic) bond motifs is 1. The largest absolute Gasteiger partial charge is 0.369 e. The van der Waals surface area contributed by atoms with Crippen molar-refractivity contribution in [1.82, 2.24) is 31.5 Å². The number of aliphatic imine (C=N–C) groups is 1. The lowest BCUT2D eigenvalue weighted by Crippen LogP contribution is -2.42. The molecule has 0 aromatic carbocycles. The van der Waals surface area contributed by atoms with Crippen LogP contribution in [0.15, 0.2) is 52.0 Å². The molecular weight excluding hydrogens is 361 g/mol. The Morgan fingerprint density at radius 2 is 2.36 bits per heavy atom. The molecular formula is C19H26FN7O. The fraction of sp³-hybridized carbons (Fsp3) is 0.474. The van der Waals surface area contributed by atoms with E-state index in [0.29, 0.717) is 31.4 Å². The van der Waals surface area contributed by atoms with E-state index in [1.165, 1.54) is 0 Å². The molecule has 0 aliphatic carbocycles. The van der Waals surface area contributed by atoms with Crippen molar-refractivity contribution < 1.29 is 9.18 Å². The SMILES string of the molecule is CCNC(=O)N1CC[C@H](CNC2=C(F)CNC(=C3C=NC4NC=CC=C34)N2)C1. The summed E-state index contributed by atoms with van der Waals surface area (Å²) in [6.45, 7) is 4.67. The summed E-state index contributed by atoms with van der Waals surface area (Å²) in [6, 6.07) is -0.0269. The fourth-order valence-electron chi connectivity index (χ4n) is 3.76. The van der Waals surface area contributed by atoms with Gasteiger partial charge in [0, 0.05) is 43.5 Å². The van der Waals surface area contributed by atoms with Gasteiger partial charge in [-0.05, 0) is 31.5 Å². The molecule has 0 radical (unpaired) electrons. The molecule has 2 amide bonds. The summed E-state index contributed by atoms with van der Waals surface area (Å²) in [5, 5.41) is 15.4. The zero-order valence-electron chi connectivity index (χ0n) is 15.9. The van der Waals surface area contributed by atoms with Gasteiger partial charge in [0.2, 0.25) is 0 Å². The van der Waals surface area contributed by atoms with Gasteiger partial charge < -0.3 is 31.5 Å². The first-order chi connectivity index (χ1) is 13.7. The molecule has 8 nitrogen and oxygen atoms in total. The summed E-state index contributed by atoms with van der Waals surface area (Å²) in [4.78, 5) is 18.2. The van der Waals surface area contributed by atoms with E-state index in [1.807, 2.05) is 30.2 Å². The van der Waals surface area contributed by atoms with Crippen LogP contribution in [0.1, 0.15) is 13.3 Å². The van der Waals surface area contributed by atoms with Crippen LogP contribution >= 0.6 is 0 Å². The number of dihydropyridines is 1. The van der Waals surface area contributed by atoms with Crippen molar-refractivity contribution in [3.8, 4) is 0 Å². The summed E-state index contributed by atoms with van der Waals surface area (Å²) in [7, 11) is 0. The maximum atomic E-state index is 14.3. The molecule has 0 aromatic rings. The highest BCUT2D eigenvalue weighted by atomic mass is 19.1. The van der Waals surface area contributed by atoms with Crippen LogP contribution in [0.5, 0.6) is 0 Å². The predicted octanol–water partition coefficient (Wildman–Crippen LogP) is 0.624. The lowest BCUT2D eigenvalue weighted by Gasteiger charge is -2.26. The van der Waals surface area contributed by atoms with Gasteiger partial charge in [0.25, 0.3) is 0 Å². The minimum atomic E-state index is -0.259. The number of nitrogens with zero attached hydrogens (tertiary/aromatic N) is 2. The van der Waals surface area contributed by atoms with Crippen LogP contribution in [0, 0.1) is 5.92 Å². The molecule has 4 heterocycles. The van der Waals surface area contributed by atoms with E-state index in [0.717, 1.165) is 29.9 Å². The Morgan fingerprint density at radius 3 is 3.21 bits per heavy atom. The molecule has 1 unspecified atom stereocenters. The fourth-order valence-corrected chi connectivity index (χ4v) is 3.76. The van der Waals surface area contributed by atoms with Crippen LogP contribution in [0.3, 0.4) is 0 Å². The van der Waals surface area contributed by atoms with Gasteiger partial charge in [-0.15, -0.1) is 0 Å². The minimum Gasteiger partial charge on any atom is -0.369 e. The van der Waals surface area contributed by atoms with E-state index in [-0.39, 0.29) is 24.6 Å². The minimum absolute atomic E-state index is 0.0269. The number of rotatable bonds is 4. The van der Waals surface area contributed by atoms with Crippen LogP contribution in [0.4, 0.5) is 9.18 Å². The van der Waals surface area contributed by atoms with Crippen molar-refractivity contribution in [2.45, 2.75) is 19.5 Å². The van der Waals surface area contributed by atoms with Gasteiger partial charge in [0.1, 0.15) is 17.8 Å². The molecule has 150 valence electrons. The van der Waals surface area contributed by atoms with Crippen molar-refractivity contribution in [2.24, 2.45) is 10.9 Å². The molecule has 5 N–H and O–H groups in total. The number of hydrogen-bond acceptors (Lipinski definition) is 6. The third-order valence-corrected chi connectivity index (χ3v) is 5.26. The predicted molar refractivity (Wildman–Crippen MR) is 106 cm³/mol. The quantitative estimate of drug-likeness (QED) is 0.488. The summed E-state index contributed by atoms with van der Waals surface area (Å²) in [5.74, 6) is 1.16. The lowest BCUT2D eigenvalue weighted by atomic mass is 10.0. The van der Waals surface area contributed by atoms with E-state index in [4.69, 9.17) is 0 Å². The molecule has 2 atom stereocenters. The van der Waals surface area contributed by atoms with Crippen molar-refractivity contribution in [1.29, 1.82) is 0 Å². The van der Waals surface area contributed by atoms with E-state index in [1.54, 1.807) is 6.21 Å². The van der Waals surface area contributed by atoms with Crippen molar-refractivity contribution in [2.75, 3.05) is 32.7 Å². The number of amides is 2. The van der Waals surface area contributed by atoms with Gasteiger partial charge in [-0.3, -0.25) is 4.99 Å². The Labute approximate surface area is 163 Å². The second-order valence-corrected chi connectivity index (χ2v) is 7.19. The van der Waals surface area contributed by atoms with E-state index in [2.05, 4.69) is 31.6 Å². The van der Waals surface area contributed by atoms with E-state index in [9.17, 15) is 9.18 Å². The highest BCUT2D eigenvalue weighted by molar-refractivity contribution is 5.90. The second-order valence-electron chi connectivity index (χ2n) is 7.19. The third-order valence-electron chi connectivity index (χ3n) is 5.26. The average molecular weight is 387 g/mol. The molecule has 0 aromatic heterocycles. The van der Waals surface area contributed by atoms with Crippen molar-refractivity contribution in [3.63, 3.8) is 0 Å². The summed E-state index contributed by atoms with van der Waals surface area (Å²) in [6.07, 6.45) is 8.43. The van der Waals surface area contributed by atoms with Gasteiger partial charge in [0.05, 0.1) is 6.54 Å². The Bertz CT molecular complexity index is 798. The topological polar surface area (TPSA) is 92.8 Å². The van der Waals surface area contributed by atoms with Crippen LogP contribution in [-0.4, -0.2) is 56.0 Å². The molecule has 28 heavy (non-hydrogen) atoms. The van der Waals surface area contributed by atoms with Crippen molar-refractivity contribution >= 4 is 12.2 Å². The number of allylic oxidation sites excluding steroid dienone is 2. The first kappa shape index (κ1) is 18.4. The first-order valence-electron chi connectivity index (χ1n) is 9.72. The van der Waals surface area contributed by atoms with Gasteiger partial charge in [-0.2, -0.15) is 0 Å². The van der Waals surface area contributed by atoms with E-state index >= 15 is 0 Å². The van der Waals surface area contributed by atoms with Crippen molar-refractivity contribution in [3.05, 3.63) is 47.0 Å². The molecule has 0 saturated carbocycles. The molecule has 4 aliphatic heterocycles. The van der Waals surface area contributed by atoms with Gasteiger partial charge >= 0.3 is 6.03 Å². The summed E-state index contributed by atoms with van der Waals surface area (Å²) >= 11 is 0. The zero-order chi connectivity index (χ0) is 19.5. The Kier molecular flexibility index (Phi) is 5.23. The second kappa shape index (κ2) is 7.95. The normalized spacial score (nSPS) is 28.4. The molecule has 1 fully saturated rings. The maximum Gasteiger partial charge on any atom is 0.317 e. The highest BCUT2D eigenvalue weighted by Crippen LogP contribution is 2.26. The Hall–Kier alpha value is -2.97. The molecule has 0 spiro atoms. The number of likely N-dealkylation sites (tertiary alicyclic amines) is 1. The molecule has 4 rings (SSSR count). The Morgan fingerprint density at radius 1 is 1.46 bits per heavy atom. The van der Waals surface area contributed by atoms with Crippen LogP contribution in [-0.2, 0) is 0 Å². The number of nitrogens with one attached hydrogen (secondary N) is 5. The summed E-state index contributed by atoms with van der Waals surface area (Å²) < 4.78 is 14.3. The van der Waals surface area contributed by atoms with Gasteiger partial charge in [0.15, 0.2) is 5.83 Å². The smallest absolute Gasteiger partial charge is 0.317 e. The van der Waals surface area contributed by atoms with Gasteiger partial charge in [-0.25, -0.2) is 9.18 Å². The van der Waals surface area contributed by atoms with Crippen LogP contribution in [0.25, 0.3) is 0 Å². The summed E-state index contributed by atoms with van der Waals surface area (Å²) in [5.41, 5.74) is 1.98. The number of urea groups is 1. The monoisotopic (exact) mass is 387 g/mol. The highest BCUT2D eigenvalue weighted by Gasteiger charge is 2.29. The molecule has 4 aliphatic rings. The third kappa shape index (κ3) is 3.69. The number of carbonyl (C=O) groups is 1. The molecule has 9 heteroatoms. The van der Waals surface area contributed by atoms with Gasteiger partial charge in [-0.1, -0.05) is 6.08 Å². The Balaban J connectivity index is 1.37.